The molecule has 0 bridgehead atoms. The first-order chi connectivity index (χ1) is 15.7. The van der Waals surface area contributed by atoms with E-state index in [9.17, 15) is 0 Å². The maximum absolute atomic E-state index is 5.30. The first-order valence-corrected chi connectivity index (χ1v) is 10.3. The maximum atomic E-state index is 5.30. The van der Waals surface area contributed by atoms with E-state index in [2.05, 4.69) is 30.3 Å². The molecule has 0 radical (unpaired) electrons. The molecule has 0 aliphatic carbocycles. The summed E-state index contributed by atoms with van der Waals surface area (Å²) in [4.78, 5) is 4.89. The predicted octanol–water partition coefficient (Wildman–Crippen LogP) is 6.61. The number of hydrogen-bond acceptors (Lipinski definition) is 4. The normalized spacial score (nSPS) is 10.8. The third-order valence-electron chi connectivity index (χ3n) is 5.22. The summed E-state index contributed by atoms with van der Waals surface area (Å²) in [7, 11) is 5.01. The van der Waals surface area contributed by atoms with Crippen molar-refractivity contribution in [3.63, 3.8) is 0 Å². The second-order valence-corrected chi connectivity index (χ2v) is 7.23. The molecular formula is C28H25NO3. The SMILES string of the molecule is COc1ccc(C=Cc2cc(-c3ccc(OC)cc3)cc(-c3ccc(OC)cc3)n2)cc1. The van der Waals surface area contributed by atoms with Crippen molar-refractivity contribution in [1.82, 2.24) is 4.98 Å². The molecule has 0 spiro atoms. The molecule has 160 valence electrons. The molecule has 0 aliphatic rings. The fourth-order valence-corrected chi connectivity index (χ4v) is 3.39. The van der Waals surface area contributed by atoms with Crippen LogP contribution in [0.1, 0.15) is 11.3 Å². The number of hydrogen-bond donors (Lipinski definition) is 0. The molecule has 0 unspecified atom stereocenters. The molecule has 0 amide bonds. The Kier molecular flexibility index (Phi) is 6.52. The molecule has 0 N–H and O–H groups in total. The largest absolute Gasteiger partial charge is 0.497 e. The molecule has 4 nitrogen and oxygen atoms in total. The topological polar surface area (TPSA) is 40.6 Å². The molecule has 4 rings (SSSR count). The van der Waals surface area contributed by atoms with Gasteiger partial charge in [-0.05, 0) is 83.4 Å². The second kappa shape index (κ2) is 9.84. The van der Waals surface area contributed by atoms with Crippen LogP contribution in [0.25, 0.3) is 34.5 Å². The van der Waals surface area contributed by atoms with Crippen molar-refractivity contribution in [2.75, 3.05) is 21.3 Å². The van der Waals surface area contributed by atoms with Gasteiger partial charge in [-0.2, -0.15) is 0 Å². The van der Waals surface area contributed by atoms with E-state index in [4.69, 9.17) is 19.2 Å². The Labute approximate surface area is 188 Å². The van der Waals surface area contributed by atoms with Gasteiger partial charge in [0.15, 0.2) is 0 Å². The lowest BCUT2D eigenvalue weighted by Crippen LogP contribution is -1.91. The second-order valence-electron chi connectivity index (χ2n) is 7.23. The summed E-state index contributed by atoms with van der Waals surface area (Å²) >= 11 is 0. The molecule has 1 aromatic heterocycles. The molecular weight excluding hydrogens is 398 g/mol. The highest BCUT2D eigenvalue weighted by Crippen LogP contribution is 2.29. The lowest BCUT2D eigenvalue weighted by atomic mass is 10.0. The van der Waals surface area contributed by atoms with Gasteiger partial charge in [-0.1, -0.05) is 30.3 Å². The number of pyridine rings is 1. The van der Waals surface area contributed by atoms with Gasteiger partial charge in [0, 0.05) is 5.56 Å². The van der Waals surface area contributed by atoms with E-state index in [1.54, 1.807) is 21.3 Å². The van der Waals surface area contributed by atoms with Crippen molar-refractivity contribution < 1.29 is 14.2 Å². The van der Waals surface area contributed by atoms with Crippen LogP contribution in [0.2, 0.25) is 0 Å². The zero-order valence-corrected chi connectivity index (χ0v) is 18.4. The minimum absolute atomic E-state index is 0.819. The lowest BCUT2D eigenvalue weighted by molar-refractivity contribution is 0.414. The highest BCUT2D eigenvalue weighted by Gasteiger charge is 2.07. The van der Waals surface area contributed by atoms with Crippen molar-refractivity contribution >= 4 is 12.2 Å². The van der Waals surface area contributed by atoms with Crippen molar-refractivity contribution in [3.05, 3.63) is 96.2 Å². The van der Waals surface area contributed by atoms with Crippen LogP contribution in [0.3, 0.4) is 0 Å². The fraction of sp³-hybridized carbons (Fsp3) is 0.107. The standard InChI is InChI=1S/C28H25NO3/c1-30-25-12-5-20(6-13-25)4-11-24-18-23(21-7-14-26(31-2)15-8-21)19-28(29-24)22-9-16-27(32-3)17-10-22/h4-19H,1-3H3. The Morgan fingerprint density at radius 3 is 1.56 bits per heavy atom. The third-order valence-corrected chi connectivity index (χ3v) is 5.22. The Morgan fingerprint density at radius 2 is 1.03 bits per heavy atom. The van der Waals surface area contributed by atoms with E-state index in [1.165, 1.54) is 0 Å². The number of aromatic nitrogens is 1. The molecule has 1 heterocycles. The van der Waals surface area contributed by atoms with Gasteiger partial charge in [-0.3, -0.25) is 0 Å². The first kappa shape index (κ1) is 21.2. The average Bonchev–Trinajstić information content (AvgIpc) is 2.87. The van der Waals surface area contributed by atoms with Gasteiger partial charge in [0.25, 0.3) is 0 Å². The van der Waals surface area contributed by atoms with Crippen LogP contribution >= 0.6 is 0 Å². The van der Waals surface area contributed by atoms with Crippen molar-refractivity contribution in [1.29, 1.82) is 0 Å². The van der Waals surface area contributed by atoms with Crippen LogP contribution in [-0.4, -0.2) is 26.3 Å². The predicted molar refractivity (Wildman–Crippen MR) is 130 cm³/mol. The summed E-state index contributed by atoms with van der Waals surface area (Å²) in [5.41, 5.74) is 6.06. The molecule has 0 saturated heterocycles. The van der Waals surface area contributed by atoms with Crippen LogP contribution in [0.5, 0.6) is 17.2 Å². The molecule has 32 heavy (non-hydrogen) atoms. The minimum Gasteiger partial charge on any atom is -0.497 e. The highest BCUT2D eigenvalue weighted by molar-refractivity contribution is 5.76. The van der Waals surface area contributed by atoms with Crippen LogP contribution < -0.4 is 14.2 Å². The molecule has 4 heteroatoms. The number of methoxy groups -OCH3 is 3. The molecule has 0 atom stereocenters. The van der Waals surface area contributed by atoms with E-state index < -0.39 is 0 Å². The Balaban J connectivity index is 1.73. The Morgan fingerprint density at radius 1 is 0.531 bits per heavy atom. The number of rotatable bonds is 7. The summed E-state index contributed by atoms with van der Waals surface area (Å²) in [5, 5.41) is 0. The fourth-order valence-electron chi connectivity index (χ4n) is 3.39. The van der Waals surface area contributed by atoms with Crippen molar-refractivity contribution in [3.8, 4) is 39.6 Å². The van der Waals surface area contributed by atoms with Gasteiger partial charge in [0.2, 0.25) is 0 Å². The summed E-state index contributed by atoms with van der Waals surface area (Å²) in [6.07, 6.45) is 4.08. The molecule has 0 aliphatic heterocycles. The van der Waals surface area contributed by atoms with Crippen LogP contribution in [0.15, 0.2) is 84.9 Å². The van der Waals surface area contributed by atoms with E-state index in [0.29, 0.717) is 0 Å². The van der Waals surface area contributed by atoms with E-state index in [1.807, 2.05) is 66.7 Å². The average molecular weight is 424 g/mol. The number of benzene rings is 3. The van der Waals surface area contributed by atoms with Gasteiger partial charge >= 0.3 is 0 Å². The van der Waals surface area contributed by atoms with Gasteiger partial charge in [-0.15, -0.1) is 0 Å². The zero-order chi connectivity index (χ0) is 22.3. The number of nitrogens with zero attached hydrogens (tertiary/aromatic N) is 1. The number of ether oxygens (including phenoxy) is 3. The van der Waals surface area contributed by atoms with Crippen molar-refractivity contribution in [2.45, 2.75) is 0 Å². The van der Waals surface area contributed by atoms with Gasteiger partial charge in [0.1, 0.15) is 17.2 Å². The van der Waals surface area contributed by atoms with Crippen LogP contribution in [-0.2, 0) is 0 Å². The summed E-state index contributed by atoms with van der Waals surface area (Å²) in [5.74, 6) is 2.49. The molecule has 4 aromatic rings. The highest BCUT2D eigenvalue weighted by atomic mass is 16.5. The smallest absolute Gasteiger partial charge is 0.118 e. The van der Waals surface area contributed by atoms with Crippen molar-refractivity contribution in [2.24, 2.45) is 0 Å². The van der Waals surface area contributed by atoms with Gasteiger partial charge in [-0.25, -0.2) is 4.98 Å². The van der Waals surface area contributed by atoms with Crippen LogP contribution in [0.4, 0.5) is 0 Å². The molecule has 0 saturated carbocycles. The first-order valence-electron chi connectivity index (χ1n) is 10.3. The maximum Gasteiger partial charge on any atom is 0.118 e. The summed E-state index contributed by atoms with van der Waals surface area (Å²) < 4.78 is 15.8. The van der Waals surface area contributed by atoms with Gasteiger partial charge in [0.05, 0.1) is 32.7 Å². The van der Waals surface area contributed by atoms with E-state index >= 15 is 0 Å². The summed E-state index contributed by atoms with van der Waals surface area (Å²) in [6, 6.07) is 28.1. The third kappa shape index (κ3) is 4.98. The van der Waals surface area contributed by atoms with Crippen LogP contribution in [0, 0.1) is 0 Å². The lowest BCUT2D eigenvalue weighted by Gasteiger charge is -2.09. The zero-order valence-electron chi connectivity index (χ0n) is 18.4. The monoisotopic (exact) mass is 423 g/mol. The molecule has 0 fully saturated rings. The minimum atomic E-state index is 0.819. The quantitative estimate of drug-likeness (QED) is 0.335. The van der Waals surface area contributed by atoms with Gasteiger partial charge < -0.3 is 14.2 Å². The van der Waals surface area contributed by atoms with E-state index in [0.717, 1.165) is 50.9 Å². The van der Waals surface area contributed by atoms with E-state index in [-0.39, 0.29) is 0 Å². The molecule has 3 aromatic carbocycles. The summed E-state index contributed by atoms with van der Waals surface area (Å²) in [6.45, 7) is 0. The Bertz CT molecular complexity index is 1130. The Hall–Kier alpha value is -4.05.